The number of Topliss-reactive ketones (excluding diaryl/α,β-unsaturated/α-hetero) is 1. The summed E-state index contributed by atoms with van der Waals surface area (Å²) < 4.78 is 7.03. The van der Waals surface area contributed by atoms with Crippen LogP contribution in [0.5, 0.6) is 0 Å². The molecule has 0 amide bonds. The number of quaternary nitrogens is 1. The number of nitrogens with zero attached hydrogens (tertiary/aromatic N) is 2. The van der Waals surface area contributed by atoms with Crippen LogP contribution < -0.4 is 17.0 Å². The number of ketones is 1. The Hall–Kier alpha value is -1.73. The van der Waals surface area contributed by atoms with E-state index in [4.69, 9.17) is 16.3 Å². The minimum absolute atomic E-state index is 0. The summed E-state index contributed by atoms with van der Waals surface area (Å²) in [6.07, 6.45) is 5.30. The zero-order chi connectivity index (χ0) is 23.5. The van der Waals surface area contributed by atoms with E-state index in [1.807, 2.05) is 54.6 Å². The van der Waals surface area contributed by atoms with Crippen molar-refractivity contribution in [3.8, 4) is 0 Å². The van der Waals surface area contributed by atoms with Gasteiger partial charge >= 0.3 is 5.97 Å². The van der Waals surface area contributed by atoms with Crippen molar-refractivity contribution in [1.82, 2.24) is 4.90 Å². The molecule has 0 radical (unpaired) electrons. The minimum atomic E-state index is -0.396. The van der Waals surface area contributed by atoms with Gasteiger partial charge in [0.1, 0.15) is 19.1 Å². The highest BCUT2D eigenvalue weighted by Gasteiger charge is 2.49. The van der Waals surface area contributed by atoms with Gasteiger partial charge in [-0.1, -0.05) is 60.5 Å². The van der Waals surface area contributed by atoms with Crippen LogP contribution in [0.4, 0.5) is 0 Å². The molecule has 0 spiro atoms. The second kappa shape index (κ2) is 11.5. The number of esters is 1. The first kappa shape index (κ1) is 26.3. The van der Waals surface area contributed by atoms with Gasteiger partial charge in [-0.15, -0.1) is 0 Å². The van der Waals surface area contributed by atoms with E-state index in [1.54, 1.807) is 0 Å². The summed E-state index contributed by atoms with van der Waals surface area (Å²) in [6.45, 7) is 5.01. The van der Waals surface area contributed by atoms with E-state index in [-0.39, 0.29) is 34.8 Å². The fourth-order valence-corrected chi connectivity index (χ4v) is 6.25. The van der Waals surface area contributed by atoms with Crippen LogP contribution in [-0.4, -0.2) is 66.5 Å². The van der Waals surface area contributed by atoms with Crippen molar-refractivity contribution >= 4 is 23.4 Å². The highest BCUT2D eigenvalue weighted by atomic mass is 79.9. The molecule has 0 aliphatic carbocycles. The smallest absolute Gasteiger partial charge is 0.328 e. The third-order valence-corrected chi connectivity index (χ3v) is 8.30. The lowest BCUT2D eigenvalue weighted by atomic mass is 9.82. The average molecular weight is 562 g/mol. The normalized spacial score (nSPS) is 27.0. The molecule has 1 unspecified atom stereocenters. The number of hydrogen-bond acceptors (Lipinski definition) is 4. The van der Waals surface area contributed by atoms with Crippen molar-refractivity contribution in [3.05, 3.63) is 70.7 Å². The quantitative estimate of drug-likeness (QED) is 0.294. The van der Waals surface area contributed by atoms with Crippen LogP contribution >= 0.6 is 11.6 Å². The number of rotatable bonds is 7. The fraction of sp³-hybridized carbons (Fsp3) is 0.500. The lowest BCUT2D eigenvalue weighted by molar-refractivity contribution is -0.938. The summed E-state index contributed by atoms with van der Waals surface area (Å²) in [5, 5.41) is 0.668. The molecule has 6 rings (SSSR count). The minimum Gasteiger partial charge on any atom is -1.00 e. The lowest BCUT2D eigenvalue weighted by Gasteiger charge is -2.51. The van der Waals surface area contributed by atoms with Crippen LogP contribution in [0, 0.1) is 5.92 Å². The SMILES string of the molecule is O=C(C[N+]12CCC(CC1)[C@@H](OC(=O)C(c1ccc(Cl)cc1)N1CCCCC1)C2)c1ccccc1.[Br-]. The van der Waals surface area contributed by atoms with Gasteiger partial charge in [-0.3, -0.25) is 9.69 Å². The second-order valence-corrected chi connectivity index (χ2v) is 10.7. The molecule has 4 heterocycles. The molecule has 2 aromatic carbocycles. The Morgan fingerprint density at radius 3 is 2.29 bits per heavy atom. The maximum Gasteiger partial charge on any atom is 0.328 e. The Balaban J connectivity index is 0.00000289. The molecule has 4 aliphatic rings. The van der Waals surface area contributed by atoms with Crippen molar-refractivity contribution in [1.29, 1.82) is 0 Å². The second-order valence-electron chi connectivity index (χ2n) is 10.3. The first-order chi connectivity index (χ1) is 16.5. The topological polar surface area (TPSA) is 46.6 Å². The molecule has 4 saturated heterocycles. The standard InChI is InChI=1S/C28H34ClN2O3.BrH/c29-24-11-9-23(10-12-24)27(30-15-5-2-6-16-30)28(33)34-26-20-31(17-13-22(26)14-18-31)19-25(32)21-7-3-1-4-8-21;/h1,3-4,7-12,22,26-27H,2,5-6,13-20H2;1H/q+1;/p-1/t22?,26-,27?,31?;/m0./s1. The van der Waals surface area contributed by atoms with E-state index in [9.17, 15) is 9.59 Å². The molecule has 2 bridgehead atoms. The maximum absolute atomic E-state index is 13.6. The monoisotopic (exact) mass is 560 g/mol. The van der Waals surface area contributed by atoms with E-state index in [2.05, 4.69) is 4.90 Å². The maximum atomic E-state index is 13.6. The van der Waals surface area contributed by atoms with Crippen molar-refractivity contribution in [2.75, 3.05) is 39.3 Å². The number of ether oxygens (including phenoxy) is 1. The Bertz CT molecular complexity index is 1000. The molecule has 7 heteroatoms. The Morgan fingerprint density at radius 1 is 0.971 bits per heavy atom. The van der Waals surface area contributed by atoms with Gasteiger partial charge in [-0.2, -0.15) is 0 Å². The van der Waals surface area contributed by atoms with Gasteiger partial charge in [-0.05, 0) is 43.6 Å². The van der Waals surface area contributed by atoms with Crippen LogP contribution in [0.15, 0.2) is 54.6 Å². The van der Waals surface area contributed by atoms with Crippen molar-refractivity contribution < 1.29 is 35.8 Å². The molecule has 4 fully saturated rings. The Kier molecular flexibility index (Phi) is 8.69. The number of carbonyl (C=O) groups is 2. The predicted molar refractivity (Wildman–Crippen MR) is 133 cm³/mol. The van der Waals surface area contributed by atoms with E-state index in [0.29, 0.717) is 17.5 Å². The zero-order valence-corrected chi connectivity index (χ0v) is 22.4. The van der Waals surface area contributed by atoms with Gasteiger partial charge in [0.15, 0.2) is 6.10 Å². The summed E-state index contributed by atoms with van der Waals surface area (Å²) >= 11 is 6.12. The third-order valence-electron chi connectivity index (χ3n) is 8.05. The Morgan fingerprint density at radius 2 is 1.63 bits per heavy atom. The molecule has 35 heavy (non-hydrogen) atoms. The van der Waals surface area contributed by atoms with Crippen LogP contribution in [-0.2, 0) is 9.53 Å². The van der Waals surface area contributed by atoms with Crippen molar-refractivity contribution in [2.45, 2.75) is 44.2 Å². The van der Waals surface area contributed by atoms with Crippen molar-refractivity contribution in [3.63, 3.8) is 0 Å². The number of fused-ring (bicyclic) bond motifs is 3. The zero-order valence-electron chi connectivity index (χ0n) is 20.1. The van der Waals surface area contributed by atoms with Crippen molar-refractivity contribution in [2.24, 2.45) is 5.92 Å². The molecule has 188 valence electrons. The summed E-state index contributed by atoms with van der Waals surface area (Å²) in [7, 11) is 0. The number of benzene rings is 2. The molecule has 2 atom stereocenters. The van der Waals surface area contributed by atoms with E-state index in [0.717, 1.165) is 74.0 Å². The molecule has 4 aliphatic heterocycles. The van der Waals surface area contributed by atoms with E-state index in [1.165, 1.54) is 6.42 Å². The molecular weight excluding hydrogens is 528 g/mol. The molecule has 5 nitrogen and oxygen atoms in total. The fourth-order valence-electron chi connectivity index (χ4n) is 6.13. The van der Waals surface area contributed by atoms with E-state index < -0.39 is 6.04 Å². The lowest BCUT2D eigenvalue weighted by Crippen LogP contribution is -3.00. The van der Waals surface area contributed by atoms with Gasteiger partial charge in [0, 0.05) is 29.3 Å². The van der Waals surface area contributed by atoms with Crippen LogP contribution in [0.25, 0.3) is 0 Å². The summed E-state index contributed by atoms with van der Waals surface area (Å²) in [5.74, 6) is 0.414. The van der Waals surface area contributed by atoms with Gasteiger partial charge in [-0.25, -0.2) is 4.79 Å². The number of halogens is 2. The summed E-state index contributed by atoms with van der Waals surface area (Å²) in [6, 6.07) is 16.8. The van der Waals surface area contributed by atoms with Gasteiger partial charge < -0.3 is 26.2 Å². The van der Waals surface area contributed by atoms with Gasteiger partial charge in [0.25, 0.3) is 0 Å². The van der Waals surface area contributed by atoms with E-state index >= 15 is 0 Å². The van der Waals surface area contributed by atoms with Gasteiger partial charge in [0.2, 0.25) is 5.78 Å². The van der Waals surface area contributed by atoms with Crippen LogP contribution in [0.1, 0.15) is 54.1 Å². The first-order valence-corrected chi connectivity index (χ1v) is 13.0. The first-order valence-electron chi connectivity index (χ1n) is 12.7. The number of piperidine rings is 4. The largest absolute Gasteiger partial charge is 1.00 e. The van der Waals surface area contributed by atoms with Crippen LogP contribution in [0.2, 0.25) is 5.02 Å². The van der Waals surface area contributed by atoms with Crippen LogP contribution in [0.3, 0.4) is 0 Å². The summed E-state index contributed by atoms with van der Waals surface area (Å²) in [4.78, 5) is 28.9. The Labute approximate surface area is 223 Å². The highest BCUT2D eigenvalue weighted by Crippen LogP contribution is 2.37. The number of likely N-dealkylation sites (tertiary alicyclic amines) is 1. The van der Waals surface area contributed by atoms with Gasteiger partial charge in [0.05, 0.1) is 13.1 Å². The highest BCUT2D eigenvalue weighted by molar-refractivity contribution is 6.30. The molecule has 0 aromatic heterocycles. The molecule has 0 N–H and O–H groups in total. The third kappa shape index (κ3) is 5.99. The molecule has 0 saturated carbocycles. The molecule has 2 aromatic rings. The average Bonchev–Trinajstić information content (AvgIpc) is 2.87. The molecular formula is C28H34BrClN2O3. The predicted octanol–water partition coefficient (Wildman–Crippen LogP) is 1.91. The number of carbonyl (C=O) groups excluding carboxylic acids is 2. The number of hydrogen-bond donors (Lipinski definition) is 0. The summed E-state index contributed by atoms with van der Waals surface area (Å²) in [5.41, 5.74) is 1.71.